The predicted molar refractivity (Wildman–Crippen MR) is 128 cm³/mol. The Balaban J connectivity index is 1.36. The lowest BCUT2D eigenvalue weighted by Gasteiger charge is -2.35. The van der Waals surface area contributed by atoms with Crippen LogP contribution in [0.2, 0.25) is 0 Å². The van der Waals surface area contributed by atoms with Gasteiger partial charge >= 0.3 is 0 Å². The predicted octanol–water partition coefficient (Wildman–Crippen LogP) is 3.85. The molecule has 1 aliphatic heterocycles. The van der Waals surface area contributed by atoms with Crippen LogP contribution in [0.25, 0.3) is 11.3 Å². The molecular weight excluding hydrogens is 455 g/mol. The van der Waals surface area contributed by atoms with Crippen LogP contribution in [0.5, 0.6) is 0 Å². The summed E-state index contributed by atoms with van der Waals surface area (Å²) < 4.78 is 40.9. The molecule has 1 amide bonds. The van der Waals surface area contributed by atoms with Gasteiger partial charge in [0.1, 0.15) is 11.9 Å². The van der Waals surface area contributed by atoms with Gasteiger partial charge in [-0.1, -0.05) is 24.6 Å². The van der Waals surface area contributed by atoms with E-state index in [2.05, 4.69) is 10.2 Å². The highest BCUT2D eigenvalue weighted by Crippen LogP contribution is 2.26. The maximum absolute atomic E-state index is 13.2. The molecule has 7 nitrogen and oxygen atoms in total. The van der Waals surface area contributed by atoms with Crippen molar-refractivity contribution in [2.75, 3.05) is 20.1 Å². The number of amides is 1. The van der Waals surface area contributed by atoms with Gasteiger partial charge in [0.2, 0.25) is 15.9 Å². The minimum absolute atomic E-state index is 0.171. The molecule has 1 aromatic heterocycles. The number of benzene rings is 2. The van der Waals surface area contributed by atoms with Crippen LogP contribution in [0.15, 0.2) is 65.6 Å². The number of likely N-dealkylation sites (N-methyl/N-ethyl adjacent to an activating group) is 1. The number of H-pyrrole nitrogens is 1. The first-order chi connectivity index (χ1) is 16.4. The molecular formula is C25H29FN4O3S. The van der Waals surface area contributed by atoms with Crippen molar-refractivity contribution in [3.63, 3.8) is 0 Å². The number of hydrogen-bond donors (Lipinski definition) is 1. The van der Waals surface area contributed by atoms with E-state index < -0.39 is 16.1 Å². The number of aromatic amines is 1. The van der Waals surface area contributed by atoms with E-state index >= 15 is 0 Å². The summed E-state index contributed by atoms with van der Waals surface area (Å²) in [6, 6.07) is 15.7. The van der Waals surface area contributed by atoms with Crippen molar-refractivity contribution in [3.8, 4) is 11.3 Å². The molecule has 180 valence electrons. The molecule has 0 spiro atoms. The molecule has 34 heavy (non-hydrogen) atoms. The Bertz CT molecular complexity index is 1210. The van der Waals surface area contributed by atoms with Gasteiger partial charge in [-0.3, -0.25) is 9.89 Å². The Morgan fingerprint density at radius 2 is 1.88 bits per heavy atom. The number of hydrogen-bond acceptors (Lipinski definition) is 4. The molecule has 3 aromatic rings. The van der Waals surface area contributed by atoms with Crippen LogP contribution in [0.1, 0.15) is 31.4 Å². The lowest BCUT2D eigenvalue weighted by Crippen LogP contribution is -2.52. The zero-order chi connectivity index (χ0) is 24.1. The Morgan fingerprint density at radius 1 is 1.15 bits per heavy atom. The minimum Gasteiger partial charge on any atom is -0.344 e. The molecule has 1 saturated heterocycles. The van der Waals surface area contributed by atoms with E-state index in [0.29, 0.717) is 32.4 Å². The zero-order valence-corrected chi connectivity index (χ0v) is 20.0. The average molecular weight is 485 g/mol. The third-order valence-electron chi connectivity index (χ3n) is 6.18. The monoisotopic (exact) mass is 484 g/mol. The summed E-state index contributed by atoms with van der Waals surface area (Å²) in [5, 5.41) is 7.28. The van der Waals surface area contributed by atoms with E-state index in [9.17, 15) is 17.6 Å². The molecule has 2 heterocycles. The number of carbonyl (C=O) groups is 1. The van der Waals surface area contributed by atoms with E-state index in [1.165, 1.54) is 16.4 Å². The quantitative estimate of drug-likeness (QED) is 0.526. The first-order valence-electron chi connectivity index (χ1n) is 11.5. The molecule has 9 heteroatoms. The summed E-state index contributed by atoms with van der Waals surface area (Å²) in [5.41, 5.74) is 2.49. The fraction of sp³-hybridized carbons (Fsp3) is 0.360. The fourth-order valence-corrected chi connectivity index (χ4v) is 5.97. The Kier molecular flexibility index (Phi) is 7.43. The summed E-state index contributed by atoms with van der Waals surface area (Å²) >= 11 is 0. The number of carbonyl (C=O) groups excluding carboxylic acids is 1. The number of aryl methyl sites for hydroxylation is 1. The molecule has 1 N–H and O–H groups in total. The second-order valence-corrected chi connectivity index (χ2v) is 10.5. The van der Waals surface area contributed by atoms with Gasteiger partial charge in [-0.05, 0) is 68.1 Å². The van der Waals surface area contributed by atoms with Gasteiger partial charge in [0.15, 0.2) is 0 Å². The number of piperidine rings is 1. The SMILES string of the molecule is CN(CCCc1cc(-c2ccc(F)cc2)n[nH]1)C(=O)C1CCCCN1S(=O)(=O)c1ccccc1. The smallest absolute Gasteiger partial charge is 0.243 e. The molecule has 4 rings (SSSR count). The molecule has 0 bridgehead atoms. The topological polar surface area (TPSA) is 86.4 Å². The molecule has 0 aliphatic carbocycles. The maximum Gasteiger partial charge on any atom is 0.243 e. The van der Waals surface area contributed by atoms with Gasteiger partial charge < -0.3 is 4.90 Å². The highest BCUT2D eigenvalue weighted by molar-refractivity contribution is 7.89. The Hall–Kier alpha value is -3.04. The summed E-state index contributed by atoms with van der Waals surface area (Å²) in [7, 11) is -2.01. The van der Waals surface area contributed by atoms with Gasteiger partial charge in [0, 0.05) is 31.4 Å². The highest BCUT2D eigenvalue weighted by Gasteiger charge is 2.38. The van der Waals surface area contributed by atoms with Crippen molar-refractivity contribution >= 4 is 15.9 Å². The first-order valence-corrected chi connectivity index (χ1v) is 12.9. The minimum atomic E-state index is -3.73. The second kappa shape index (κ2) is 10.5. The standard InChI is InChI=1S/C25H29FN4O3S/c1-29(16-7-8-21-18-23(28-27-21)19-12-14-20(26)15-13-19)25(31)24-11-5-6-17-30(24)34(32,33)22-9-3-2-4-10-22/h2-4,9-10,12-15,18,24H,5-8,11,16-17H2,1H3,(H,27,28). The average Bonchev–Trinajstić information content (AvgIpc) is 3.33. The third kappa shape index (κ3) is 5.37. The van der Waals surface area contributed by atoms with Crippen molar-refractivity contribution in [3.05, 3.63) is 72.2 Å². The number of nitrogens with zero attached hydrogens (tertiary/aromatic N) is 3. The van der Waals surface area contributed by atoms with Crippen molar-refractivity contribution < 1.29 is 17.6 Å². The van der Waals surface area contributed by atoms with E-state index in [4.69, 9.17) is 0 Å². The van der Waals surface area contributed by atoms with E-state index in [1.54, 1.807) is 54.4 Å². The molecule has 1 unspecified atom stereocenters. The van der Waals surface area contributed by atoms with Crippen LogP contribution in [-0.2, 0) is 21.2 Å². The zero-order valence-electron chi connectivity index (χ0n) is 19.2. The van der Waals surface area contributed by atoms with E-state index in [0.717, 1.165) is 29.8 Å². The highest BCUT2D eigenvalue weighted by atomic mass is 32.2. The number of aromatic nitrogens is 2. The summed E-state index contributed by atoms with van der Waals surface area (Å²) in [5.74, 6) is -0.462. The number of nitrogens with one attached hydrogen (secondary N) is 1. The number of halogens is 1. The van der Waals surface area contributed by atoms with Crippen LogP contribution in [0.3, 0.4) is 0 Å². The van der Waals surface area contributed by atoms with Crippen LogP contribution in [0, 0.1) is 5.82 Å². The van der Waals surface area contributed by atoms with Crippen LogP contribution in [-0.4, -0.2) is 59.9 Å². The van der Waals surface area contributed by atoms with Gasteiger partial charge in [-0.2, -0.15) is 9.40 Å². The number of rotatable bonds is 8. The van der Waals surface area contributed by atoms with Gasteiger partial charge in [0.25, 0.3) is 0 Å². The molecule has 1 fully saturated rings. The van der Waals surface area contributed by atoms with Gasteiger partial charge in [-0.25, -0.2) is 12.8 Å². The third-order valence-corrected chi connectivity index (χ3v) is 8.10. The summed E-state index contributed by atoms with van der Waals surface area (Å²) in [6.07, 6.45) is 3.48. The maximum atomic E-state index is 13.2. The van der Waals surface area contributed by atoms with E-state index in [-0.39, 0.29) is 16.6 Å². The Labute approximate surface area is 199 Å². The first kappa shape index (κ1) is 24.1. The second-order valence-electron chi connectivity index (χ2n) is 8.59. The molecule has 0 radical (unpaired) electrons. The van der Waals surface area contributed by atoms with Crippen molar-refractivity contribution in [1.82, 2.24) is 19.4 Å². The summed E-state index contributed by atoms with van der Waals surface area (Å²) in [6.45, 7) is 0.848. The normalized spacial score (nSPS) is 16.9. The van der Waals surface area contributed by atoms with Crippen LogP contribution >= 0.6 is 0 Å². The summed E-state index contributed by atoms with van der Waals surface area (Å²) in [4.78, 5) is 15.1. The molecule has 2 aromatic carbocycles. The Morgan fingerprint density at radius 3 is 2.62 bits per heavy atom. The molecule has 0 saturated carbocycles. The van der Waals surface area contributed by atoms with Crippen molar-refractivity contribution in [2.45, 2.75) is 43.0 Å². The lowest BCUT2D eigenvalue weighted by molar-refractivity contribution is -0.134. The largest absolute Gasteiger partial charge is 0.344 e. The van der Waals surface area contributed by atoms with E-state index in [1.807, 2.05) is 6.07 Å². The lowest BCUT2D eigenvalue weighted by atomic mass is 10.0. The van der Waals surface area contributed by atoms with Gasteiger partial charge in [-0.15, -0.1) is 0 Å². The fourth-order valence-electron chi connectivity index (χ4n) is 4.30. The number of sulfonamides is 1. The van der Waals surface area contributed by atoms with Gasteiger partial charge in [0.05, 0.1) is 10.6 Å². The van der Waals surface area contributed by atoms with Crippen LogP contribution < -0.4 is 0 Å². The van der Waals surface area contributed by atoms with Crippen molar-refractivity contribution in [1.29, 1.82) is 0 Å². The molecule has 1 atom stereocenters. The van der Waals surface area contributed by atoms with Crippen molar-refractivity contribution in [2.24, 2.45) is 0 Å². The molecule has 1 aliphatic rings. The van der Waals surface area contributed by atoms with Crippen LogP contribution in [0.4, 0.5) is 4.39 Å².